The van der Waals surface area contributed by atoms with Crippen LogP contribution < -0.4 is 4.74 Å². The molecule has 1 aromatic carbocycles. The number of rotatable bonds is 5. The van der Waals surface area contributed by atoms with Gasteiger partial charge in [-0.05, 0) is 38.1 Å². The van der Waals surface area contributed by atoms with Crippen molar-refractivity contribution in [3.63, 3.8) is 0 Å². The number of nitrogens with zero attached hydrogens (tertiary/aromatic N) is 1. The van der Waals surface area contributed by atoms with Gasteiger partial charge in [0.2, 0.25) is 0 Å². The van der Waals surface area contributed by atoms with Crippen LogP contribution in [-0.4, -0.2) is 34.7 Å². The van der Waals surface area contributed by atoms with E-state index < -0.39 is 11.5 Å². The minimum absolute atomic E-state index is 0.513. The van der Waals surface area contributed by atoms with Crippen LogP contribution in [0.3, 0.4) is 0 Å². The van der Waals surface area contributed by atoms with E-state index in [4.69, 9.17) is 16.3 Å². The first-order valence-corrected chi connectivity index (χ1v) is 7.16. The van der Waals surface area contributed by atoms with E-state index in [9.17, 15) is 9.90 Å². The molecule has 4 nitrogen and oxygen atoms in total. The van der Waals surface area contributed by atoms with Gasteiger partial charge in [0.05, 0.1) is 6.61 Å². The fraction of sp³-hybridized carbons (Fsp3) is 0.533. The van der Waals surface area contributed by atoms with Crippen molar-refractivity contribution in [2.75, 3.05) is 13.2 Å². The molecule has 0 radical (unpaired) electrons. The van der Waals surface area contributed by atoms with Gasteiger partial charge in [0.1, 0.15) is 11.3 Å². The fourth-order valence-corrected chi connectivity index (χ4v) is 2.77. The van der Waals surface area contributed by atoms with E-state index in [2.05, 4.69) is 0 Å². The number of ether oxygens (including phenoxy) is 1. The molecule has 2 rings (SSSR count). The third kappa shape index (κ3) is 2.76. The molecule has 0 fully saturated rings. The molecule has 0 bridgehead atoms. The number of hydrogen-bond donors (Lipinski definition) is 1. The van der Waals surface area contributed by atoms with Crippen LogP contribution >= 0.6 is 11.6 Å². The molecule has 1 aliphatic heterocycles. The van der Waals surface area contributed by atoms with Gasteiger partial charge < -0.3 is 9.84 Å². The zero-order valence-electron chi connectivity index (χ0n) is 12.1. The van der Waals surface area contributed by atoms with E-state index in [1.165, 1.54) is 0 Å². The number of carboxylic acid groups (broad SMARTS) is 1. The third-order valence-electron chi connectivity index (χ3n) is 3.88. The number of benzene rings is 1. The van der Waals surface area contributed by atoms with Crippen LogP contribution in [0.2, 0.25) is 5.02 Å². The molecule has 0 aromatic heterocycles. The first-order valence-electron chi connectivity index (χ1n) is 6.78. The van der Waals surface area contributed by atoms with E-state index in [0.717, 1.165) is 23.3 Å². The summed E-state index contributed by atoms with van der Waals surface area (Å²) in [6, 6.07) is 3.79. The highest BCUT2D eigenvalue weighted by atomic mass is 35.5. The molecule has 0 spiro atoms. The lowest BCUT2D eigenvalue weighted by Gasteiger charge is -2.34. The van der Waals surface area contributed by atoms with Gasteiger partial charge in [-0.2, -0.15) is 0 Å². The maximum Gasteiger partial charge on any atom is 0.323 e. The second-order valence-electron chi connectivity index (χ2n) is 5.53. The molecule has 5 heteroatoms. The van der Waals surface area contributed by atoms with Gasteiger partial charge in [0, 0.05) is 23.6 Å². The Bertz CT molecular complexity index is 528. The summed E-state index contributed by atoms with van der Waals surface area (Å²) >= 11 is 6.14. The second-order valence-corrected chi connectivity index (χ2v) is 5.97. The Hall–Kier alpha value is -1.26. The minimum Gasteiger partial charge on any atom is -0.493 e. The fourth-order valence-electron chi connectivity index (χ4n) is 2.51. The smallest absolute Gasteiger partial charge is 0.323 e. The molecular weight excluding hydrogens is 278 g/mol. The average molecular weight is 298 g/mol. The van der Waals surface area contributed by atoms with Crippen molar-refractivity contribution in [1.29, 1.82) is 0 Å². The van der Waals surface area contributed by atoms with Crippen LogP contribution in [0.15, 0.2) is 12.1 Å². The minimum atomic E-state index is -0.928. The van der Waals surface area contributed by atoms with Crippen LogP contribution in [0.25, 0.3) is 0 Å². The van der Waals surface area contributed by atoms with E-state index in [1.54, 1.807) is 13.8 Å². The van der Waals surface area contributed by atoms with Crippen LogP contribution in [0.1, 0.15) is 31.9 Å². The average Bonchev–Trinajstić information content (AvgIpc) is 2.83. The van der Waals surface area contributed by atoms with E-state index in [0.29, 0.717) is 24.7 Å². The molecule has 0 saturated carbocycles. The zero-order chi connectivity index (χ0) is 14.9. The summed E-state index contributed by atoms with van der Waals surface area (Å²) < 4.78 is 5.67. The van der Waals surface area contributed by atoms with Crippen LogP contribution in [0, 0.1) is 0 Å². The number of fused-ring (bicyclic) bond motifs is 1. The van der Waals surface area contributed by atoms with Crippen molar-refractivity contribution in [3.05, 3.63) is 28.3 Å². The Labute approximate surface area is 124 Å². The number of likely N-dealkylation sites (N-methyl/N-ethyl adjacent to an activating group) is 1. The molecular formula is C15H20ClNO3. The summed E-state index contributed by atoms with van der Waals surface area (Å²) in [5, 5.41) is 10.0. The Morgan fingerprint density at radius 3 is 2.80 bits per heavy atom. The van der Waals surface area contributed by atoms with Gasteiger partial charge in [0.15, 0.2) is 0 Å². The second kappa shape index (κ2) is 5.62. The first kappa shape index (κ1) is 15.1. The predicted octanol–water partition coefficient (Wildman–Crippen LogP) is 2.96. The van der Waals surface area contributed by atoms with Crippen molar-refractivity contribution in [2.24, 2.45) is 0 Å². The molecule has 1 heterocycles. The highest BCUT2D eigenvalue weighted by Gasteiger charge is 2.34. The van der Waals surface area contributed by atoms with E-state index in [1.807, 2.05) is 24.0 Å². The lowest BCUT2D eigenvalue weighted by atomic mass is 10.0. The molecule has 1 N–H and O–H groups in total. The lowest BCUT2D eigenvalue weighted by molar-refractivity contribution is -0.149. The summed E-state index contributed by atoms with van der Waals surface area (Å²) in [5.41, 5.74) is 1.14. The maximum atomic E-state index is 11.4. The molecule has 1 aromatic rings. The Morgan fingerprint density at radius 2 is 2.20 bits per heavy atom. The summed E-state index contributed by atoms with van der Waals surface area (Å²) in [7, 11) is 0. The lowest BCUT2D eigenvalue weighted by Crippen LogP contribution is -2.49. The molecule has 1 aliphatic rings. The molecule has 0 atom stereocenters. The standard InChI is InChI=1S/C15H20ClNO3/c1-4-17(15(2,3)14(18)19)9-11-8-12(16)7-10-5-6-20-13(10)11/h7-8H,4-6,9H2,1-3H3,(H,18,19). The Kier molecular flexibility index (Phi) is 4.25. The van der Waals surface area contributed by atoms with Crippen molar-refractivity contribution >= 4 is 17.6 Å². The van der Waals surface area contributed by atoms with Gasteiger partial charge in [-0.3, -0.25) is 9.69 Å². The van der Waals surface area contributed by atoms with Crippen LogP contribution in [0.5, 0.6) is 5.75 Å². The number of carbonyl (C=O) groups is 1. The number of halogens is 1. The van der Waals surface area contributed by atoms with Gasteiger partial charge in [-0.1, -0.05) is 18.5 Å². The number of carboxylic acids is 1. The largest absolute Gasteiger partial charge is 0.493 e. The molecule has 0 saturated heterocycles. The van der Waals surface area contributed by atoms with Crippen molar-refractivity contribution < 1.29 is 14.6 Å². The highest BCUT2D eigenvalue weighted by Crippen LogP contribution is 2.34. The first-order chi connectivity index (χ1) is 9.36. The molecule has 0 amide bonds. The normalized spacial score (nSPS) is 14.2. The quantitative estimate of drug-likeness (QED) is 0.908. The summed E-state index contributed by atoms with van der Waals surface area (Å²) in [5.74, 6) is 0.0352. The highest BCUT2D eigenvalue weighted by molar-refractivity contribution is 6.30. The Balaban J connectivity index is 2.31. The third-order valence-corrected chi connectivity index (χ3v) is 4.10. The van der Waals surface area contributed by atoms with Crippen molar-refractivity contribution in [3.8, 4) is 5.75 Å². The summed E-state index contributed by atoms with van der Waals surface area (Å²) in [6.07, 6.45) is 0.858. The zero-order valence-corrected chi connectivity index (χ0v) is 12.8. The van der Waals surface area contributed by atoms with Crippen LogP contribution in [-0.2, 0) is 17.8 Å². The Morgan fingerprint density at radius 1 is 1.50 bits per heavy atom. The van der Waals surface area contributed by atoms with Gasteiger partial charge in [-0.15, -0.1) is 0 Å². The summed E-state index contributed by atoms with van der Waals surface area (Å²) in [4.78, 5) is 13.3. The van der Waals surface area contributed by atoms with E-state index >= 15 is 0 Å². The number of hydrogen-bond acceptors (Lipinski definition) is 3. The predicted molar refractivity (Wildman–Crippen MR) is 78.4 cm³/mol. The van der Waals surface area contributed by atoms with Gasteiger partial charge in [0.25, 0.3) is 0 Å². The summed E-state index contributed by atoms with van der Waals surface area (Å²) in [6.45, 7) is 7.20. The van der Waals surface area contributed by atoms with Crippen molar-refractivity contribution in [2.45, 2.75) is 39.3 Å². The molecule has 110 valence electrons. The molecule has 0 aliphatic carbocycles. The van der Waals surface area contributed by atoms with Gasteiger partial charge >= 0.3 is 5.97 Å². The monoisotopic (exact) mass is 297 g/mol. The van der Waals surface area contributed by atoms with Crippen LogP contribution in [0.4, 0.5) is 0 Å². The molecule has 0 unspecified atom stereocenters. The number of aliphatic carboxylic acids is 1. The van der Waals surface area contributed by atoms with Gasteiger partial charge in [-0.25, -0.2) is 0 Å². The SMILES string of the molecule is CCN(Cc1cc(Cl)cc2c1OCC2)C(C)(C)C(=O)O. The van der Waals surface area contributed by atoms with Crippen molar-refractivity contribution in [1.82, 2.24) is 4.90 Å². The molecule has 20 heavy (non-hydrogen) atoms. The van der Waals surface area contributed by atoms with E-state index in [-0.39, 0.29) is 0 Å². The maximum absolute atomic E-state index is 11.4. The topological polar surface area (TPSA) is 49.8 Å².